The van der Waals surface area contributed by atoms with Crippen LogP contribution >= 0.6 is 0 Å². The van der Waals surface area contributed by atoms with Crippen LogP contribution in [0.15, 0.2) is 54.2 Å². The van der Waals surface area contributed by atoms with Crippen LogP contribution in [0.2, 0.25) is 0 Å². The first-order valence-electron chi connectivity index (χ1n) is 11.5. The fourth-order valence-corrected chi connectivity index (χ4v) is 4.41. The quantitative estimate of drug-likeness (QED) is 0.604. The fourth-order valence-electron chi connectivity index (χ4n) is 4.41. The minimum absolute atomic E-state index is 0.0952. The van der Waals surface area contributed by atoms with Crippen molar-refractivity contribution in [1.29, 1.82) is 0 Å². The molecule has 1 saturated heterocycles. The molecule has 2 heterocycles. The van der Waals surface area contributed by atoms with Gasteiger partial charge in [0.25, 0.3) is 11.8 Å². The number of para-hydroxylation sites is 3. The largest absolute Gasteiger partial charge is 0.496 e. The maximum absolute atomic E-state index is 13.9. The highest BCUT2D eigenvalue weighted by Gasteiger charge is 2.44. The molecule has 0 bridgehead atoms. The van der Waals surface area contributed by atoms with Gasteiger partial charge in [-0.15, -0.1) is 0 Å². The van der Waals surface area contributed by atoms with Gasteiger partial charge in [-0.25, -0.2) is 4.90 Å². The Morgan fingerprint density at radius 3 is 2.15 bits per heavy atom. The van der Waals surface area contributed by atoms with Crippen molar-refractivity contribution in [2.75, 3.05) is 44.7 Å². The summed E-state index contributed by atoms with van der Waals surface area (Å²) >= 11 is 0. The SMILES string of the molecule is CCN1CCN(C2=C(c3ccccc3OC)C(=O)N(c3ccccc3OC(C)C)C2=O)CC1. The van der Waals surface area contributed by atoms with Gasteiger partial charge in [-0.2, -0.15) is 0 Å². The van der Waals surface area contributed by atoms with Gasteiger partial charge >= 0.3 is 0 Å². The van der Waals surface area contributed by atoms with E-state index in [2.05, 4.69) is 11.8 Å². The van der Waals surface area contributed by atoms with Crippen molar-refractivity contribution in [1.82, 2.24) is 9.80 Å². The molecule has 0 spiro atoms. The highest BCUT2D eigenvalue weighted by atomic mass is 16.5. The Hall–Kier alpha value is -3.32. The molecule has 0 saturated carbocycles. The van der Waals surface area contributed by atoms with E-state index in [1.54, 1.807) is 19.2 Å². The van der Waals surface area contributed by atoms with Crippen LogP contribution in [0.4, 0.5) is 5.69 Å². The smallest absolute Gasteiger partial charge is 0.282 e. The van der Waals surface area contributed by atoms with Crippen LogP contribution in [0.25, 0.3) is 5.57 Å². The molecule has 174 valence electrons. The summed E-state index contributed by atoms with van der Waals surface area (Å²) < 4.78 is 11.5. The first kappa shape index (κ1) is 22.9. The molecule has 0 unspecified atom stereocenters. The lowest BCUT2D eigenvalue weighted by atomic mass is 10.0. The Kier molecular flexibility index (Phi) is 6.70. The van der Waals surface area contributed by atoms with Gasteiger partial charge in [-0.1, -0.05) is 37.3 Å². The number of likely N-dealkylation sites (N-methyl/N-ethyl adjacent to an activating group) is 1. The molecular weight excluding hydrogens is 418 g/mol. The zero-order chi connectivity index (χ0) is 23.5. The normalized spacial score (nSPS) is 17.4. The fraction of sp³-hybridized carbons (Fsp3) is 0.385. The van der Waals surface area contributed by atoms with E-state index < -0.39 is 0 Å². The van der Waals surface area contributed by atoms with Crippen LogP contribution < -0.4 is 14.4 Å². The summed E-state index contributed by atoms with van der Waals surface area (Å²) in [5.74, 6) is 0.375. The number of rotatable bonds is 7. The first-order chi connectivity index (χ1) is 16.0. The summed E-state index contributed by atoms with van der Waals surface area (Å²) in [6.07, 6.45) is -0.0952. The molecule has 0 atom stereocenters. The third-order valence-corrected chi connectivity index (χ3v) is 6.04. The number of anilines is 1. The summed E-state index contributed by atoms with van der Waals surface area (Å²) in [5, 5.41) is 0. The number of benzene rings is 2. The van der Waals surface area contributed by atoms with Crippen molar-refractivity contribution in [2.45, 2.75) is 26.9 Å². The second kappa shape index (κ2) is 9.67. The van der Waals surface area contributed by atoms with E-state index in [1.165, 1.54) is 4.90 Å². The number of nitrogens with zero attached hydrogens (tertiary/aromatic N) is 3. The Morgan fingerprint density at radius 1 is 0.879 bits per heavy atom. The molecule has 0 N–H and O–H groups in total. The molecule has 2 aliphatic rings. The minimum atomic E-state index is -0.364. The summed E-state index contributed by atoms with van der Waals surface area (Å²) in [7, 11) is 1.57. The lowest BCUT2D eigenvalue weighted by Crippen LogP contribution is -2.47. The number of imide groups is 1. The van der Waals surface area contributed by atoms with E-state index in [4.69, 9.17) is 9.47 Å². The Bertz CT molecular complexity index is 1070. The number of methoxy groups -OCH3 is 1. The second-order valence-electron chi connectivity index (χ2n) is 8.43. The molecule has 2 amide bonds. The van der Waals surface area contributed by atoms with Crippen LogP contribution in [0.3, 0.4) is 0 Å². The molecule has 7 nitrogen and oxygen atoms in total. The highest BCUT2D eigenvalue weighted by Crippen LogP contribution is 2.41. The van der Waals surface area contributed by atoms with E-state index in [9.17, 15) is 9.59 Å². The van der Waals surface area contributed by atoms with Gasteiger partial charge in [0, 0.05) is 31.7 Å². The van der Waals surface area contributed by atoms with Gasteiger partial charge < -0.3 is 19.3 Å². The van der Waals surface area contributed by atoms with Gasteiger partial charge in [0.05, 0.1) is 24.5 Å². The van der Waals surface area contributed by atoms with Crippen molar-refractivity contribution < 1.29 is 19.1 Å². The van der Waals surface area contributed by atoms with E-state index in [1.807, 2.05) is 55.1 Å². The van der Waals surface area contributed by atoms with Crippen LogP contribution in [0, 0.1) is 0 Å². The van der Waals surface area contributed by atoms with Gasteiger partial charge in [0.1, 0.15) is 17.2 Å². The number of carbonyl (C=O) groups excluding carboxylic acids is 2. The molecule has 1 fully saturated rings. The van der Waals surface area contributed by atoms with E-state index >= 15 is 0 Å². The number of hydrogen-bond donors (Lipinski definition) is 0. The average molecular weight is 450 g/mol. The van der Waals surface area contributed by atoms with Gasteiger partial charge in [-0.05, 0) is 38.6 Å². The number of hydrogen-bond acceptors (Lipinski definition) is 6. The number of carbonyl (C=O) groups is 2. The summed E-state index contributed by atoms with van der Waals surface area (Å²) in [5.41, 5.74) is 1.88. The lowest BCUT2D eigenvalue weighted by molar-refractivity contribution is -0.120. The van der Waals surface area contributed by atoms with E-state index in [0.717, 1.165) is 19.6 Å². The standard InChI is InChI=1S/C26H31N3O4/c1-5-27-14-16-28(17-15-27)24-23(19-10-6-8-12-21(19)32-4)25(30)29(26(24)31)20-11-7-9-13-22(20)33-18(2)3/h6-13,18H,5,14-17H2,1-4H3. The molecule has 2 aromatic rings. The number of amides is 2. The molecular formula is C26H31N3O4. The molecule has 4 rings (SSSR count). The lowest BCUT2D eigenvalue weighted by Gasteiger charge is -2.36. The number of ether oxygens (including phenoxy) is 2. The zero-order valence-electron chi connectivity index (χ0n) is 19.7. The topological polar surface area (TPSA) is 62.3 Å². The predicted octanol–water partition coefficient (Wildman–Crippen LogP) is 3.40. The highest BCUT2D eigenvalue weighted by molar-refractivity contribution is 6.46. The van der Waals surface area contributed by atoms with Crippen LogP contribution in [0.5, 0.6) is 11.5 Å². The van der Waals surface area contributed by atoms with Crippen molar-refractivity contribution in [3.8, 4) is 11.5 Å². The molecule has 2 aromatic carbocycles. The first-order valence-corrected chi connectivity index (χ1v) is 11.5. The van der Waals surface area contributed by atoms with E-state index in [0.29, 0.717) is 47.1 Å². The third-order valence-electron chi connectivity index (χ3n) is 6.04. The van der Waals surface area contributed by atoms with Gasteiger partial charge in [0.15, 0.2) is 0 Å². The molecule has 0 aromatic heterocycles. The van der Waals surface area contributed by atoms with Crippen molar-refractivity contribution in [3.05, 3.63) is 59.8 Å². The van der Waals surface area contributed by atoms with Gasteiger partial charge in [-0.3, -0.25) is 9.59 Å². The molecule has 2 aliphatic heterocycles. The van der Waals surface area contributed by atoms with Crippen LogP contribution in [0.1, 0.15) is 26.3 Å². The maximum Gasteiger partial charge on any atom is 0.282 e. The van der Waals surface area contributed by atoms with Crippen LogP contribution in [-0.2, 0) is 9.59 Å². The van der Waals surface area contributed by atoms with Gasteiger partial charge in [0.2, 0.25) is 0 Å². The summed E-state index contributed by atoms with van der Waals surface area (Å²) in [4.78, 5) is 33.4. The van der Waals surface area contributed by atoms with E-state index in [-0.39, 0.29) is 17.9 Å². The summed E-state index contributed by atoms with van der Waals surface area (Å²) in [6.45, 7) is 9.97. The Morgan fingerprint density at radius 2 is 1.52 bits per heavy atom. The second-order valence-corrected chi connectivity index (χ2v) is 8.43. The van der Waals surface area contributed by atoms with Crippen molar-refractivity contribution in [2.24, 2.45) is 0 Å². The minimum Gasteiger partial charge on any atom is -0.496 e. The maximum atomic E-state index is 13.9. The molecule has 0 radical (unpaired) electrons. The zero-order valence-corrected chi connectivity index (χ0v) is 19.7. The predicted molar refractivity (Wildman–Crippen MR) is 128 cm³/mol. The average Bonchev–Trinajstić information content (AvgIpc) is 3.08. The van der Waals surface area contributed by atoms with Crippen molar-refractivity contribution in [3.63, 3.8) is 0 Å². The Balaban J connectivity index is 1.82. The summed E-state index contributed by atoms with van der Waals surface area (Å²) in [6, 6.07) is 14.5. The molecule has 0 aliphatic carbocycles. The molecule has 33 heavy (non-hydrogen) atoms. The Labute approximate surface area is 195 Å². The van der Waals surface area contributed by atoms with Crippen LogP contribution in [-0.4, -0.2) is 67.6 Å². The van der Waals surface area contributed by atoms with Crippen molar-refractivity contribution >= 4 is 23.1 Å². The third kappa shape index (κ3) is 4.33. The number of piperazine rings is 1. The monoisotopic (exact) mass is 449 g/mol. The molecule has 7 heteroatoms.